The first-order valence-electron chi connectivity index (χ1n) is 1.24. The van der Waals surface area contributed by atoms with Gasteiger partial charge in [0.25, 0.3) is 0 Å². The van der Waals surface area contributed by atoms with E-state index >= 15 is 0 Å². The van der Waals surface area contributed by atoms with Crippen molar-refractivity contribution >= 4 is 5.97 Å². The number of hydrogen-bond donors (Lipinski definition) is 1. The Morgan fingerprint density at radius 2 is 1.50 bits per heavy atom. The largest absolute Gasteiger partial charge is 0.490 e. The molecular weight excluding hydrogens is 272 g/mol. The molecule has 0 aromatic heterocycles. The van der Waals surface area contributed by atoms with E-state index in [0.29, 0.717) is 0 Å². The van der Waals surface area contributed by atoms with E-state index in [2.05, 4.69) is 0 Å². The molecule has 0 aliphatic heterocycles. The molecule has 0 aliphatic carbocycles. The molecular formula is C2HF3O2Tb. The van der Waals surface area contributed by atoms with Gasteiger partial charge in [-0.2, -0.15) is 13.2 Å². The first-order valence-corrected chi connectivity index (χ1v) is 1.24. The molecule has 0 heterocycles. The number of carboxylic acids is 1. The number of aliphatic carboxylic acids is 1. The van der Waals surface area contributed by atoms with E-state index in [1.807, 2.05) is 0 Å². The van der Waals surface area contributed by atoms with Crippen molar-refractivity contribution in [2.75, 3.05) is 0 Å². The summed E-state index contributed by atoms with van der Waals surface area (Å²) in [6, 6.07) is 0. The zero-order valence-corrected chi connectivity index (χ0v) is 5.46. The molecule has 0 amide bonds. The van der Waals surface area contributed by atoms with Gasteiger partial charge in [0.1, 0.15) is 0 Å². The minimum absolute atomic E-state index is 0. The predicted octanol–water partition coefficient (Wildman–Crippen LogP) is 0.633. The van der Waals surface area contributed by atoms with Gasteiger partial charge in [0, 0.05) is 38.6 Å². The fraction of sp³-hybridized carbons (Fsp3) is 0.500. The molecule has 2 nitrogen and oxygen atoms in total. The average molecular weight is 273 g/mol. The Bertz CT molecular complexity index is 87.8. The molecule has 8 heavy (non-hydrogen) atoms. The first kappa shape index (κ1) is 11.4. The smallest absolute Gasteiger partial charge is 0.475 e. The first-order chi connectivity index (χ1) is 2.94. The molecule has 0 unspecified atom stereocenters. The van der Waals surface area contributed by atoms with Crippen LogP contribution in [-0.4, -0.2) is 17.3 Å². The Balaban J connectivity index is 0. The molecule has 0 aliphatic rings. The normalized spacial score (nSPS) is 9.88. The van der Waals surface area contributed by atoms with Crippen LogP contribution in [0.2, 0.25) is 0 Å². The van der Waals surface area contributed by atoms with Crippen molar-refractivity contribution in [1.29, 1.82) is 0 Å². The minimum atomic E-state index is -5.08. The summed E-state index contributed by atoms with van der Waals surface area (Å²) in [7, 11) is 0. The summed E-state index contributed by atoms with van der Waals surface area (Å²) in [6.45, 7) is 0. The van der Waals surface area contributed by atoms with Gasteiger partial charge >= 0.3 is 12.1 Å². The zero-order chi connectivity index (χ0) is 6.08. The Hall–Kier alpha value is 0.546. The van der Waals surface area contributed by atoms with Crippen LogP contribution in [0.1, 0.15) is 0 Å². The van der Waals surface area contributed by atoms with E-state index in [9.17, 15) is 13.2 Å². The van der Waals surface area contributed by atoms with Gasteiger partial charge < -0.3 is 5.11 Å². The zero-order valence-electron chi connectivity index (χ0n) is 3.32. The molecule has 0 aromatic rings. The molecule has 0 atom stereocenters. The Morgan fingerprint density at radius 3 is 1.50 bits per heavy atom. The predicted molar refractivity (Wildman–Crippen MR) is 13.7 cm³/mol. The summed E-state index contributed by atoms with van der Waals surface area (Å²) in [6.07, 6.45) is -5.08. The summed E-state index contributed by atoms with van der Waals surface area (Å²) < 4.78 is 31.7. The van der Waals surface area contributed by atoms with E-state index in [-0.39, 0.29) is 38.6 Å². The number of alkyl halides is 3. The molecule has 1 radical (unpaired) electrons. The van der Waals surface area contributed by atoms with Crippen LogP contribution < -0.4 is 0 Å². The molecule has 0 bridgehead atoms. The Morgan fingerprint density at radius 1 is 1.38 bits per heavy atom. The third-order valence-electron chi connectivity index (χ3n) is 0.243. The second-order valence-corrected chi connectivity index (χ2v) is 0.803. The summed E-state index contributed by atoms with van der Waals surface area (Å²) in [5, 5.41) is 7.12. The number of carboxylic acid groups (broad SMARTS) is 1. The molecule has 0 fully saturated rings. The van der Waals surface area contributed by atoms with Crippen LogP contribution in [0.4, 0.5) is 13.2 Å². The number of hydrogen-bond acceptors (Lipinski definition) is 1. The molecule has 0 spiro atoms. The van der Waals surface area contributed by atoms with Crippen LogP contribution >= 0.6 is 0 Å². The van der Waals surface area contributed by atoms with E-state index < -0.39 is 12.1 Å². The van der Waals surface area contributed by atoms with E-state index in [4.69, 9.17) is 9.90 Å². The summed E-state index contributed by atoms with van der Waals surface area (Å²) in [5.41, 5.74) is 0. The van der Waals surface area contributed by atoms with Gasteiger partial charge in [0.2, 0.25) is 0 Å². The third kappa shape index (κ3) is 4.70. The molecule has 6 heteroatoms. The summed E-state index contributed by atoms with van der Waals surface area (Å²) in [5.74, 6) is -2.76. The van der Waals surface area contributed by atoms with Crippen LogP contribution in [0.5, 0.6) is 0 Å². The van der Waals surface area contributed by atoms with E-state index in [1.165, 1.54) is 0 Å². The number of rotatable bonds is 0. The number of halogens is 3. The second-order valence-electron chi connectivity index (χ2n) is 0.803. The van der Waals surface area contributed by atoms with Gasteiger partial charge in [-0.1, -0.05) is 0 Å². The van der Waals surface area contributed by atoms with Crippen LogP contribution in [-0.2, 0) is 4.79 Å². The van der Waals surface area contributed by atoms with Gasteiger partial charge in [-0.3, -0.25) is 0 Å². The van der Waals surface area contributed by atoms with Gasteiger partial charge in [0.15, 0.2) is 0 Å². The van der Waals surface area contributed by atoms with E-state index in [0.717, 1.165) is 0 Å². The second kappa shape index (κ2) is 3.55. The van der Waals surface area contributed by atoms with Crippen molar-refractivity contribution in [3.8, 4) is 0 Å². The summed E-state index contributed by atoms with van der Waals surface area (Å²) in [4.78, 5) is 8.90. The summed E-state index contributed by atoms with van der Waals surface area (Å²) >= 11 is 0. The maximum absolute atomic E-state index is 10.6. The minimum Gasteiger partial charge on any atom is -0.475 e. The monoisotopic (exact) mass is 273 g/mol. The quantitative estimate of drug-likeness (QED) is 0.703. The van der Waals surface area contributed by atoms with Gasteiger partial charge in [0.05, 0.1) is 0 Å². The Kier molecular flexibility index (Phi) is 5.04. The Labute approximate surface area is 73.5 Å². The standard InChI is InChI=1S/C2HF3O2.Tb/c3-2(4,5)1(6)7;/h(H,6,7);. The van der Waals surface area contributed by atoms with Crippen LogP contribution in [0.15, 0.2) is 0 Å². The van der Waals surface area contributed by atoms with Crippen molar-refractivity contribution < 1.29 is 61.7 Å². The van der Waals surface area contributed by atoms with E-state index in [1.54, 1.807) is 0 Å². The van der Waals surface area contributed by atoms with Crippen LogP contribution in [0, 0.1) is 38.6 Å². The topological polar surface area (TPSA) is 37.3 Å². The maximum Gasteiger partial charge on any atom is 0.490 e. The van der Waals surface area contributed by atoms with Crippen LogP contribution in [0.3, 0.4) is 0 Å². The van der Waals surface area contributed by atoms with Crippen LogP contribution in [0.25, 0.3) is 0 Å². The van der Waals surface area contributed by atoms with Crippen molar-refractivity contribution in [3.05, 3.63) is 0 Å². The van der Waals surface area contributed by atoms with Gasteiger partial charge in [-0.25, -0.2) is 4.79 Å². The van der Waals surface area contributed by atoms with Gasteiger partial charge in [-0.15, -0.1) is 0 Å². The van der Waals surface area contributed by atoms with Gasteiger partial charge in [-0.05, 0) is 0 Å². The van der Waals surface area contributed by atoms with Crippen molar-refractivity contribution in [1.82, 2.24) is 0 Å². The molecule has 1 N–H and O–H groups in total. The molecule has 0 saturated carbocycles. The molecule has 0 saturated heterocycles. The van der Waals surface area contributed by atoms with Crippen molar-refractivity contribution in [2.45, 2.75) is 6.18 Å². The fourth-order valence-electron chi connectivity index (χ4n) is 0. The molecule has 0 rings (SSSR count). The third-order valence-corrected chi connectivity index (χ3v) is 0.243. The molecule has 0 aromatic carbocycles. The van der Waals surface area contributed by atoms with Crippen molar-refractivity contribution in [3.63, 3.8) is 0 Å². The molecule has 51 valence electrons. The average Bonchev–Trinajstić information content (AvgIpc) is 1.31. The van der Waals surface area contributed by atoms with Crippen molar-refractivity contribution in [2.24, 2.45) is 0 Å². The maximum atomic E-state index is 10.6. The SMILES string of the molecule is O=C(O)C(F)(F)F.[Tb]. The fourth-order valence-corrected chi connectivity index (χ4v) is 0. The number of carbonyl (C=O) groups is 1.